The standard InChI is InChI=1S/C20H19N3O3/c1-12-5-4-6-16(9-12)23-19(25)17(18(24)22-20(23)26)11-21-15-8-7-13(2)14(3)10-15/h4-11,17H,1-3H3,(H,22,24,26)/t17-/m0/s1. The van der Waals surface area contributed by atoms with E-state index in [-0.39, 0.29) is 0 Å². The monoisotopic (exact) mass is 349 g/mol. The zero-order valence-corrected chi connectivity index (χ0v) is 14.8. The molecule has 0 aliphatic carbocycles. The number of urea groups is 1. The molecule has 1 aliphatic rings. The van der Waals surface area contributed by atoms with Crippen LogP contribution in [0.3, 0.4) is 0 Å². The Morgan fingerprint density at radius 2 is 1.77 bits per heavy atom. The molecule has 3 rings (SSSR count). The van der Waals surface area contributed by atoms with E-state index in [1.807, 2.05) is 45.0 Å². The average molecular weight is 349 g/mol. The zero-order valence-electron chi connectivity index (χ0n) is 14.8. The molecule has 0 radical (unpaired) electrons. The Hall–Kier alpha value is -3.28. The molecule has 0 unspecified atom stereocenters. The van der Waals surface area contributed by atoms with E-state index in [1.165, 1.54) is 6.21 Å². The highest BCUT2D eigenvalue weighted by Crippen LogP contribution is 2.22. The number of imide groups is 2. The van der Waals surface area contributed by atoms with Crippen molar-refractivity contribution in [1.29, 1.82) is 0 Å². The van der Waals surface area contributed by atoms with Gasteiger partial charge in [-0.05, 0) is 61.7 Å². The number of hydrogen-bond donors (Lipinski definition) is 1. The molecule has 26 heavy (non-hydrogen) atoms. The number of nitrogens with zero attached hydrogens (tertiary/aromatic N) is 2. The SMILES string of the molecule is Cc1cccc(N2C(=O)NC(=O)[C@H](C=Nc3ccc(C)c(C)c3)C2=O)c1. The Balaban J connectivity index is 1.90. The van der Waals surface area contributed by atoms with Gasteiger partial charge in [0.2, 0.25) is 5.91 Å². The predicted octanol–water partition coefficient (Wildman–Crippen LogP) is 3.21. The Morgan fingerprint density at radius 3 is 2.46 bits per heavy atom. The normalized spacial score (nSPS) is 17.7. The van der Waals surface area contributed by atoms with E-state index in [4.69, 9.17) is 0 Å². The Kier molecular flexibility index (Phi) is 4.67. The lowest BCUT2D eigenvalue weighted by atomic mass is 10.1. The maximum Gasteiger partial charge on any atom is 0.335 e. The van der Waals surface area contributed by atoms with Gasteiger partial charge in [-0.15, -0.1) is 0 Å². The third kappa shape index (κ3) is 3.39. The smallest absolute Gasteiger partial charge is 0.276 e. The van der Waals surface area contributed by atoms with Crippen LogP contribution in [0.25, 0.3) is 0 Å². The van der Waals surface area contributed by atoms with Crippen molar-refractivity contribution >= 4 is 35.4 Å². The van der Waals surface area contributed by atoms with Gasteiger partial charge in [-0.25, -0.2) is 9.69 Å². The van der Waals surface area contributed by atoms with Crippen LogP contribution in [-0.2, 0) is 9.59 Å². The number of nitrogens with one attached hydrogen (secondary N) is 1. The van der Waals surface area contributed by atoms with Crippen LogP contribution >= 0.6 is 0 Å². The number of aliphatic imine (C=N–C) groups is 1. The van der Waals surface area contributed by atoms with Crippen LogP contribution in [0.4, 0.5) is 16.2 Å². The third-order valence-corrected chi connectivity index (χ3v) is 4.33. The van der Waals surface area contributed by atoms with Gasteiger partial charge in [-0.1, -0.05) is 18.2 Å². The lowest BCUT2D eigenvalue weighted by Crippen LogP contribution is -2.58. The lowest BCUT2D eigenvalue weighted by molar-refractivity contribution is -0.131. The number of rotatable bonds is 3. The van der Waals surface area contributed by atoms with Gasteiger partial charge in [0.15, 0.2) is 5.92 Å². The molecule has 132 valence electrons. The Labute approximate surface area is 151 Å². The summed E-state index contributed by atoms with van der Waals surface area (Å²) in [4.78, 5) is 42.3. The molecule has 2 aromatic rings. The number of amides is 4. The summed E-state index contributed by atoms with van der Waals surface area (Å²) < 4.78 is 0. The minimum Gasteiger partial charge on any atom is -0.276 e. The summed E-state index contributed by atoms with van der Waals surface area (Å²) >= 11 is 0. The molecular formula is C20H19N3O3. The zero-order chi connectivity index (χ0) is 18.8. The van der Waals surface area contributed by atoms with Gasteiger partial charge >= 0.3 is 6.03 Å². The first-order valence-corrected chi connectivity index (χ1v) is 8.24. The first-order valence-electron chi connectivity index (χ1n) is 8.24. The number of carbonyl (C=O) groups is 3. The molecule has 1 saturated heterocycles. The maximum atomic E-state index is 12.8. The Morgan fingerprint density at radius 1 is 1.00 bits per heavy atom. The summed E-state index contributed by atoms with van der Waals surface area (Å²) in [5, 5.41) is 2.22. The van der Waals surface area contributed by atoms with Gasteiger partial charge in [0.05, 0.1) is 11.4 Å². The summed E-state index contributed by atoms with van der Waals surface area (Å²) in [5.74, 6) is -2.44. The lowest BCUT2D eigenvalue weighted by Gasteiger charge is -2.28. The van der Waals surface area contributed by atoms with Crippen molar-refractivity contribution in [3.8, 4) is 0 Å². The van der Waals surface area contributed by atoms with Gasteiger partial charge < -0.3 is 0 Å². The number of hydrogen-bond acceptors (Lipinski definition) is 4. The molecule has 1 heterocycles. The minimum atomic E-state index is -1.16. The largest absolute Gasteiger partial charge is 0.335 e. The van der Waals surface area contributed by atoms with Crippen LogP contribution < -0.4 is 10.2 Å². The average Bonchev–Trinajstić information content (AvgIpc) is 2.57. The summed E-state index contributed by atoms with van der Waals surface area (Å²) in [6, 6.07) is 11.8. The minimum absolute atomic E-state index is 0.421. The number of barbiturate groups is 1. The number of benzene rings is 2. The van der Waals surface area contributed by atoms with Crippen molar-refractivity contribution in [1.82, 2.24) is 5.32 Å². The van der Waals surface area contributed by atoms with Gasteiger partial charge in [0.25, 0.3) is 5.91 Å². The highest BCUT2D eigenvalue weighted by Gasteiger charge is 2.40. The fourth-order valence-corrected chi connectivity index (χ4v) is 2.70. The quantitative estimate of drug-likeness (QED) is 0.682. The number of anilines is 1. The second-order valence-corrected chi connectivity index (χ2v) is 6.33. The molecule has 0 aromatic heterocycles. The maximum absolute atomic E-state index is 12.8. The van der Waals surface area contributed by atoms with E-state index in [0.29, 0.717) is 11.4 Å². The van der Waals surface area contributed by atoms with Crippen molar-refractivity contribution < 1.29 is 14.4 Å². The van der Waals surface area contributed by atoms with E-state index < -0.39 is 23.8 Å². The molecular weight excluding hydrogens is 330 g/mol. The van der Waals surface area contributed by atoms with E-state index in [1.54, 1.807) is 18.2 Å². The number of carbonyl (C=O) groups excluding carboxylic acids is 3. The molecule has 1 fully saturated rings. The van der Waals surface area contributed by atoms with Crippen LogP contribution in [0.2, 0.25) is 0 Å². The van der Waals surface area contributed by atoms with E-state index in [9.17, 15) is 14.4 Å². The van der Waals surface area contributed by atoms with E-state index in [2.05, 4.69) is 10.3 Å². The summed E-state index contributed by atoms with van der Waals surface area (Å²) in [5.41, 5.74) is 4.17. The number of aryl methyl sites for hydroxylation is 3. The second-order valence-electron chi connectivity index (χ2n) is 6.33. The van der Waals surface area contributed by atoms with Crippen LogP contribution in [0.5, 0.6) is 0 Å². The van der Waals surface area contributed by atoms with Gasteiger partial charge in [0, 0.05) is 6.21 Å². The molecule has 4 amide bonds. The molecule has 2 aromatic carbocycles. The molecule has 6 nitrogen and oxygen atoms in total. The van der Waals surface area contributed by atoms with E-state index >= 15 is 0 Å². The van der Waals surface area contributed by atoms with Gasteiger partial charge in [-0.3, -0.25) is 19.9 Å². The molecule has 0 bridgehead atoms. The van der Waals surface area contributed by atoms with Crippen LogP contribution in [0.15, 0.2) is 47.5 Å². The summed E-state index contributed by atoms with van der Waals surface area (Å²) in [6.45, 7) is 5.82. The third-order valence-electron chi connectivity index (χ3n) is 4.33. The molecule has 0 spiro atoms. The fraction of sp³-hybridized carbons (Fsp3) is 0.200. The highest BCUT2D eigenvalue weighted by molar-refractivity contribution is 6.32. The predicted molar refractivity (Wildman–Crippen MR) is 99.8 cm³/mol. The van der Waals surface area contributed by atoms with Crippen LogP contribution in [0, 0.1) is 26.7 Å². The van der Waals surface area contributed by atoms with Crippen LogP contribution in [-0.4, -0.2) is 24.1 Å². The van der Waals surface area contributed by atoms with Gasteiger partial charge in [0.1, 0.15) is 0 Å². The summed E-state index contributed by atoms with van der Waals surface area (Å²) in [6.07, 6.45) is 1.29. The van der Waals surface area contributed by atoms with E-state index in [0.717, 1.165) is 21.6 Å². The molecule has 6 heteroatoms. The molecule has 1 atom stereocenters. The van der Waals surface area contributed by atoms with Crippen molar-refractivity contribution in [2.75, 3.05) is 4.90 Å². The first-order chi connectivity index (χ1) is 12.4. The molecule has 0 saturated carbocycles. The second kappa shape index (κ2) is 6.92. The van der Waals surface area contributed by atoms with Crippen molar-refractivity contribution in [2.45, 2.75) is 20.8 Å². The van der Waals surface area contributed by atoms with Crippen molar-refractivity contribution in [3.05, 3.63) is 59.2 Å². The fourth-order valence-electron chi connectivity index (χ4n) is 2.70. The summed E-state index contributed by atoms with van der Waals surface area (Å²) in [7, 11) is 0. The van der Waals surface area contributed by atoms with Crippen molar-refractivity contribution in [3.63, 3.8) is 0 Å². The first kappa shape index (κ1) is 17.5. The Bertz CT molecular complexity index is 934. The molecule has 1 N–H and O–H groups in total. The molecule has 1 aliphatic heterocycles. The van der Waals surface area contributed by atoms with Crippen molar-refractivity contribution in [2.24, 2.45) is 10.9 Å². The highest BCUT2D eigenvalue weighted by atomic mass is 16.2. The van der Waals surface area contributed by atoms with Gasteiger partial charge in [-0.2, -0.15) is 0 Å². The topological polar surface area (TPSA) is 78.8 Å². The van der Waals surface area contributed by atoms with Crippen LogP contribution in [0.1, 0.15) is 16.7 Å².